The number of methoxy groups -OCH3 is 8. The second-order valence-electron chi connectivity index (χ2n) is 22.3. The zero-order valence-corrected chi connectivity index (χ0v) is 59.8. The summed E-state index contributed by atoms with van der Waals surface area (Å²) in [6.45, 7) is 0.981. The van der Waals surface area contributed by atoms with Gasteiger partial charge in [0.2, 0.25) is 12.2 Å². The van der Waals surface area contributed by atoms with Crippen LogP contribution in [0.3, 0.4) is 0 Å². The zero-order valence-electron chi connectivity index (χ0n) is 52.4. The van der Waals surface area contributed by atoms with Crippen LogP contribution in [0, 0.1) is 0 Å². The molecule has 8 rings (SSSR count). The number of benzene rings is 6. The average molecular weight is 1560 g/mol. The smallest absolute Gasteiger partial charge is 0.353 e. The topological polar surface area (TPSA) is 179 Å². The van der Waals surface area contributed by atoms with E-state index in [1.54, 1.807) is 56.9 Å². The molecule has 6 unspecified atom stereocenters. The van der Waals surface area contributed by atoms with Crippen LogP contribution in [0.15, 0.2) is 97.1 Å². The number of quaternary nitrogens is 2. The maximum absolute atomic E-state index is 14.5. The van der Waals surface area contributed by atoms with Crippen LogP contribution >= 0.6 is 46.4 Å². The molecule has 0 saturated carbocycles. The number of ether oxygens (including phenoxy) is 12. The van der Waals surface area contributed by atoms with E-state index in [2.05, 4.69) is 0 Å². The van der Waals surface area contributed by atoms with E-state index < -0.39 is 36.1 Å². The fraction of sp³-hybridized carbons (Fsp3) is 0.403. The Balaban J connectivity index is 0.00000658. The predicted octanol–water partition coefficient (Wildman–Crippen LogP) is 6.36. The number of hydrogen-bond donors (Lipinski definition) is 0. The van der Waals surface area contributed by atoms with E-state index in [0.29, 0.717) is 114 Å². The number of nitrogens with zero attached hydrogens (tertiary/aromatic N) is 2. The third-order valence-electron chi connectivity index (χ3n) is 16.8. The van der Waals surface area contributed by atoms with Crippen LogP contribution in [0.5, 0.6) is 46.0 Å². The van der Waals surface area contributed by atoms with Gasteiger partial charge < -0.3 is 114 Å². The van der Waals surface area contributed by atoms with E-state index >= 15 is 0 Å². The molecule has 0 saturated heterocycles. The Morgan fingerprint density at radius 1 is 0.440 bits per heavy atom. The van der Waals surface area contributed by atoms with Gasteiger partial charge in [0, 0.05) is 46.9 Å². The van der Waals surface area contributed by atoms with Crippen molar-refractivity contribution in [1.29, 1.82) is 0 Å². The highest BCUT2D eigenvalue weighted by atomic mass is 127. The number of rotatable bonds is 28. The van der Waals surface area contributed by atoms with Gasteiger partial charge in [-0.1, -0.05) is 58.5 Å². The molecule has 6 aromatic rings. The maximum Gasteiger partial charge on any atom is 0.353 e. The van der Waals surface area contributed by atoms with Gasteiger partial charge in [-0.3, -0.25) is 0 Å². The molecule has 24 heteroatoms. The first-order valence-electron chi connectivity index (χ1n) is 29.0. The minimum atomic E-state index is -1.40. The summed E-state index contributed by atoms with van der Waals surface area (Å²) in [5.74, 6) is 1.30. The van der Waals surface area contributed by atoms with Gasteiger partial charge >= 0.3 is 23.9 Å². The van der Waals surface area contributed by atoms with Gasteiger partial charge in [-0.2, -0.15) is 0 Å². The third kappa shape index (κ3) is 17.9. The predicted molar refractivity (Wildman–Crippen MR) is 337 cm³/mol. The van der Waals surface area contributed by atoms with Gasteiger partial charge in [-0.05, 0) is 126 Å². The second-order valence-corrected chi connectivity index (χ2v) is 24.0. The van der Waals surface area contributed by atoms with E-state index in [1.807, 2.05) is 74.8 Å². The molecule has 2 aliphatic rings. The molecule has 492 valence electrons. The normalized spacial score (nSPS) is 17.8. The first kappa shape index (κ1) is 74.2. The molecule has 0 aliphatic carbocycles. The molecule has 0 amide bonds. The number of esters is 4. The molecule has 2 aliphatic heterocycles. The minimum absolute atomic E-state index is 0. The minimum Gasteiger partial charge on any atom is -1.00 e. The fourth-order valence-corrected chi connectivity index (χ4v) is 12.9. The van der Waals surface area contributed by atoms with Crippen molar-refractivity contribution in [1.82, 2.24) is 0 Å². The number of carbonyl (C=O) groups excluding carboxylic acids is 4. The van der Waals surface area contributed by atoms with Gasteiger partial charge in [0.25, 0.3) is 0 Å². The lowest BCUT2D eigenvalue weighted by molar-refractivity contribution is -0.943. The van der Waals surface area contributed by atoms with Gasteiger partial charge in [-0.25, -0.2) is 19.2 Å². The van der Waals surface area contributed by atoms with Gasteiger partial charge in [0.15, 0.2) is 46.0 Å². The van der Waals surface area contributed by atoms with E-state index in [-0.39, 0.29) is 116 Å². The fourth-order valence-electron chi connectivity index (χ4n) is 11.9. The highest BCUT2D eigenvalue weighted by Gasteiger charge is 2.47. The first-order chi connectivity index (χ1) is 42.7. The van der Waals surface area contributed by atoms with Crippen LogP contribution in [-0.4, -0.2) is 155 Å². The Morgan fingerprint density at radius 2 is 0.780 bits per heavy atom. The molecule has 0 radical (unpaired) electrons. The first-order valence-corrected chi connectivity index (χ1v) is 30.5. The van der Waals surface area contributed by atoms with Crippen LogP contribution in [0.2, 0.25) is 20.1 Å². The van der Waals surface area contributed by atoms with Crippen molar-refractivity contribution in [3.8, 4) is 46.0 Å². The number of halogens is 6. The summed E-state index contributed by atoms with van der Waals surface area (Å²) in [4.78, 5) is 57.1. The monoisotopic (exact) mass is 1560 g/mol. The highest BCUT2D eigenvalue weighted by molar-refractivity contribution is 6.37. The van der Waals surface area contributed by atoms with E-state index in [4.69, 9.17) is 103 Å². The number of fused-ring (bicyclic) bond motifs is 2. The Labute approximate surface area is 585 Å². The molecule has 6 atom stereocenters. The second kappa shape index (κ2) is 33.8. The van der Waals surface area contributed by atoms with Crippen molar-refractivity contribution in [2.75, 3.05) is 110 Å². The summed E-state index contributed by atoms with van der Waals surface area (Å²) in [7, 11) is 16.7. The van der Waals surface area contributed by atoms with Crippen LogP contribution in [0.1, 0.15) is 85.4 Å². The van der Waals surface area contributed by atoms with E-state index in [0.717, 1.165) is 33.4 Å². The summed E-state index contributed by atoms with van der Waals surface area (Å²) in [6.07, 6.45) is 0.480. The van der Waals surface area contributed by atoms with Crippen LogP contribution in [0.25, 0.3) is 0 Å². The Morgan fingerprint density at radius 3 is 1.12 bits per heavy atom. The van der Waals surface area contributed by atoms with Crippen LogP contribution < -0.4 is 85.8 Å². The van der Waals surface area contributed by atoms with Crippen molar-refractivity contribution in [2.24, 2.45) is 0 Å². The lowest BCUT2D eigenvalue weighted by Gasteiger charge is -2.47. The van der Waals surface area contributed by atoms with Crippen molar-refractivity contribution in [3.63, 3.8) is 0 Å². The quantitative estimate of drug-likeness (QED) is 0.0174. The Kier molecular flexibility index (Phi) is 27.6. The SMILES string of the molecule is COc1ccc(CC2c3cc(OC)c(OC)cc3CC[N+]2(C)CC(OC(=O)c2ccc(Cl)cc2Cl)C(=O)OCCCCCOC(=O)C(C[N+]2(C)CCc3cc(OC)c(OC)cc3C2Cc2ccc(OC)c(OC)c2)OC(=O)c2ccc(Cl)cc2Cl)cc1OC.[I-].[I-]. The van der Waals surface area contributed by atoms with Crippen molar-refractivity contribution < 1.29 is 133 Å². The Bertz CT molecular complexity index is 3320. The van der Waals surface area contributed by atoms with Gasteiger partial charge in [0.1, 0.15) is 25.2 Å². The number of likely N-dealkylation sites (N-methyl/N-ethyl adjacent to an activating group) is 2. The molecular formula is C67H76Cl4I2N2O16. The van der Waals surface area contributed by atoms with E-state index in [1.165, 1.54) is 36.4 Å². The third-order valence-corrected chi connectivity index (χ3v) is 17.9. The standard InChI is InChI=1S/C67H76Cl4N2O16.2HI/c1-72(24-22-42-32-58(82-7)60(84-9)36-48(42)52(72)28-40-14-20-54(78-3)56(30-40)80-5)38-62(88-64(74)46-18-16-44(68)34-50(46)70)66(76)86-26-12-11-13-27-87-67(77)63(89-65(75)47-19-17-45(69)35-51(47)71)39-73(2)25-23-43-33-59(83-8)61(85-10)37-49(43)53(73)29-41-15-21-55(79-4)57(31-41)81-6;;/h14-21,30-37,52-53,62-63H,11-13,22-29,38-39H2,1-10H3;2*1H/q+2;;/p-2. The van der Waals surface area contributed by atoms with Crippen LogP contribution in [0.4, 0.5) is 0 Å². The molecule has 91 heavy (non-hydrogen) atoms. The zero-order chi connectivity index (χ0) is 64.2. The lowest BCUT2D eigenvalue weighted by Crippen LogP contribution is -3.00. The van der Waals surface area contributed by atoms with Crippen LogP contribution in [-0.2, 0) is 54.2 Å². The lowest BCUT2D eigenvalue weighted by atomic mass is 9.86. The summed E-state index contributed by atoms with van der Waals surface area (Å²) in [5, 5.41) is 0.734. The molecular weight excluding hydrogens is 1480 g/mol. The molecule has 0 bridgehead atoms. The molecule has 0 N–H and O–H groups in total. The number of carbonyl (C=O) groups is 4. The Hall–Kier alpha value is -5.86. The molecule has 0 aromatic heterocycles. The van der Waals surface area contributed by atoms with Gasteiger partial charge in [0.05, 0.1) is 118 Å². The number of unbranched alkanes of at least 4 members (excludes halogenated alkanes) is 2. The van der Waals surface area contributed by atoms with Crippen molar-refractivity contribution >= 4 is 70.3 Å². The number of hydrogen-bond acceptors (Lipinski definition) is 16. The maximum atomic E-state index is 14.5. The van der Waals surface area contributed by atoms with Crippen molar-refractivity contribution in [3.05, 3.63) is 162 Å². The van der Waals surface area contributed by atoms with Gasteiger partial charge in [-0.15, -0.1) is 0 Å². The molecule has 2 heterocycles. The molecule has 6 aromatic carbocycles. The molecule has 18 nitrogen and oxygen atoms in total. The molecule has 0 spiro atoms. The summed E-state index contributed by atoms with van der Waals surface area (Å²) >= 11 is 25.5. The summed E-state index contributed by atoms with van der Waals surface area (Å²) in [5.41, 5.74) is 5.91. The average Bonchev–Trinajstić information content (AvgIpc) is 0.933. The summed E-state index contributed by atoms with van der Waals surface area (Å²) < 4.78 is 70.1. The molecule has 0 fully saturated rings. The largest absolute Gasteiger partial charge is 1.00 e. The summed E-state index contributed by atoms with van der Waals surface area (Å²) in [6, 6.07) is 27.5. The van der Waals surface area contributed by atoms with E-state index in [9.17, 15) is 19.2 Å². The highest BCUT2D eigenvalue weighted by Crippen LogP contribution is 2.46. The van der Waals surface area contributed by atoms with Crippen molar-refractivity contribution in [2.45, 2.75) is 69.2 Å².